The maximum Gasteiger partial charge on any atom is 0.124 e. The molecule has 3 rings (SSSR count). The van der Waals surface area contributed by atoms with E-state index in [1.165, 1.54) is 22.8 Å². The maximum absolute atomic E-state index is 5.76. The lowest BCUT2D eigenvalue weighted by Gasteiger charge is -2.30. The quantitative estimate of drug-likeness (QED) is 0.912. The number of fused-ring (bicyclic) bond motifs is 1. The third kappa shape index (κ3) is 2.18. The largest absolute Gasteiger partial charge is 0.494 e. The Hall–Kier alpha value is -1.25. The number of nitrogens with one attached hydrogen (secondary N) is 1. The van der Waals surface area contributed by atoms with E-state index in [0.717, 1.165) is 18.9 Å². The lowest BCUT2D eigenvalue weighted by atomic mass is 9.92. The van der Waals surface area contributed by atoms with Crippen molar-refractivity contribution >= 4 is 23.2 Å². The van der Waals surface area contributed by atoms with Crippen LogP contribution in [0.3, 0.4) is 0 Å². The fourth-order valence-corrected chi connectivity index (χ4v) is 2.45. The lowest BCUT2D eigenvalue weighted by molar-refractivity contribution is 0.317. The van der Waals surface area contributed by atoms with Crippen LogP contribution in [0.2, 0.25) is 0 Å². The summed E-state index contributed by atoms with van der Waals surface area (Å²) >= 11 is 0. The number of hydrogen-bond acceptors (Lipinski definition) is 2. The van der Waals surface area contributed by atoms with Crippen LogP contribution in [0.4, 0.5) is 0 Å². The van der Waals surface area contributed by atoms with Gasteiger partial charge in [-0.1, -0.05) is 30.3 Å². The highest BCUT2D eigenvalue weighted by atomic mass is 35.5. The average Bonchev–Trinajstić information content (AvgIpc) is 2.30. The van der Waals surface area contributed by atoms with Crippen molar-refractivity contribution in [2.75, 3.05) is 13.2 Å². The molecule has 18 heavy (non-hydrogen) atoms. The molecule has 0 unspecified atom stereocenters. The Labute approximate surface area is 114 Å². The molecule has 0 amide bonds. The molecule has 0 aliphatic carbocycles. The Morgan fingerprint density at radius 1 is 1.22 bits per heavy atom. The molecule has 1 aliphatic heterocycles. The lowest BCUT2D eigenvalue weighted by Crippen LogP contribution is -2.35. The van der Waals surface area contributed by atoms with Crippen LogP contribution in [0.15, 0.2) is 36.4 Å². The normalized spacial score (nSPS) is 17.9. The van der Waals surface area contributed by atoms with E-state index in [2.05, 4.69) is 41.7 Å². The van der Waals surface area contributed by atoms with Crippen molar-refractivity contribution in [1.29, 1.82) is 0 Å². The summed E-state index contributed by atoms with van der Waals surface area (Å²) in [4.78, 5) is 0. The van der Waals surface area contributed by atoms with Gasteiger partial charge in [-0.3, -0.25) is 0 Å². The number of benzene rings is 2. The summed E-state index contributed by atoms with van der Waals surface area (Å²) in [5.41, 5.74) is 1.33. The smallest absolute Gasteiger partial charge is 0.124 e. The Morgan fingerprint density at radius 3 is 2.67 bits per heavy atom. The van der Waals surface area contributed by atoms with Crippen LogP contribution < -0.4 is 10.1 Å². The molecule has 0 bridgehead atoms. The molecule has 2 nitrogen and oxygen atoms in total. The van der Waals surface area contributed by atoms with Gasteiger partial charge in [-0.15, -0.1) is 12.4 Å². The summed E-state index contributed by atoms with van der Waals surface area (Å²) in [6.07, 6.45) is 1.20. The first-order chi connectivity index (χ1) is 8.40. The second-order valence-corrected chi connectivity index (χ2v) is 4.43. The maximum atomic E-state index is 5.76. The minimum absolute atomic E-state index is 0. The van der Waals surface area contributed by atoms with Crippen molar-refractivity contribution in [3.05, 3.63) is 42.0 Å². The predicted molar refractivity (Wildman–Crippen MR) is 77.7 cm³/mol. The van der Waals surface area contributed by atoms with E-state index in [4.69, 9.17) is 4.74 Å². The van der Waals surface area contributed by atoms with Crippen molar-refractivity contribution in [2.24, 2.45) is 0 Å². The van der Waals surface area contributed by atoms with Crippen LogP contribution in [0, 0.1) is 0 Å². The standard InChI is InChI=1S/C15H17NO.ClH/c1-2-17-14-8-7-11-5-3-4-6-12(11)15(14)13-9-10-16-13;/h3-8,13,16H,2,9-10H2,1H3;1H/t13-;/m1./s1. The van der Waals surface area contributed by atoms with Crippen molar-refractivity contribution in [3.8, 4) is 5.75 Å². The van der Waals surface area contributed by atoms with Crippen LogP contribution >= 0.6 is 12.4 Å². The molecule has 1 fully saturated rings. The van der Waals surface area contributed by atoms with Crippen molar-refractivity contribution in [3.63, 3.8) is 0 Å². The van der Waals surface area contributed by atoms with E-state index in [1.54, 1.807) is 0 Å². The summed E-state index contributed by atoms with van der Waals surface area (Å²) in [6, 6.07) is 13.2. The molecule has 1 heterocycles. The minimum atomic E-state index is 0. The molecule has 1 N–H and O–H groups in total. The summed E-state index contributed by atoms with van der Waals surface area (Å²) in [5, 5.41) is 6.08. The van der Waals surface area contributed by atoms with Gasteiger partial charge in [0.15, 0.2) is 0 Å². The fraction of sp³-hybridized carbons (Fsp3) is 0.333. The number of rotatable bonds is 3. The molecule has 2 aromatic carbocycles. The second-order valence-electron chi connectivity index (χ2n) is 4.43. The number of halogens is 1. The third-order valence-corrected chi connectivity index (χ3v) is 3.40. The van der Waals surface area contributed by atoms with Gasteiger partial charge in [-0.2, -0.15) is 0 Å². The van der Waals surface area contributed by atoms with E-state index < -0.39 is 0 Å². The molecular weight excluding hydrogens is 246 g/mol. The molecule has 0 spiro atoms. The Kier molecular flexibility index (Phi) is 4.10. The topological polar surface area (TPSA) is 21.3 Å². The van der Waals surface area contributed by atoms with Gasteiger partial charge in [0, 0.05) is 11.6 Å². The van der Waals surface area contributed by atoms with E-state index in [1.807, 2.05) is 6.92 Å². The van der Waals surface area contributed by atoms with Crippen LogP contribution in [0.1, 0.15) is 24.9 Å². The molecule has 3 heteroatoms. The van der Waals surface area contributed by atoms with Crippen molar-refractivity contribution < 1.29 is 4.74 Å². The third-order valence-electron chi connectivity index (χ3n) is 3.40. The van der Waals surface area contributed by atoms with Gasteiger partial charge >= 0.3 is 0 Å². The molecule has 2 aromatic rings. The van der Waals surface area contributed by atoms with Gasteiger partial charge in [0.2, 0.25) is 0 Å². The molecule has 1 aliphatic rings. The SMILES string of the molecule is CCOc1ccc2ccccc2c1[C@H]1CCN1.Cl. The van der Waals surface area contributed by atoms with Crippen LogP contribution in [0.5, 0.6) is 5.75 Å². The first kappa shape index (κ1) is 13.2. The van der Waals surface area contributed by atoms with E-state index in [0.29, 0.717) is 6.04 Å². The first-order valence-electron chi connectivity index (χ1n) is 6.28. The molecule has 1 atom stereocenters. The number of ether oxygens (including phenoxy) is 1. The van der Waals surface area contributed by atoms with Gasteiger partial charge in [-0.05, 0) is 36.7 Å². The summed E-state index contributed by atoms with van der Waals surface area (Å²) in [7, 11) is 0. The van der Waals surface area contributed by atoms with Gasteiger partial charge in [0.1, 0.15) is 5.75 Å². The molecule has 96 valence electrons. The van der Waals surface area contributed by atoms with Crippen molar-refractivity contribution in [2.45, 2.75) is 19.4 Å². The zero-order valence-electron chi connectivity index (χ0n) is 10.5. The van der Waals surface area contributed by atoms with E-state index >= 15 is 0 Å². The number of hydrogen-bond donors (Lipinski definition) is 1. The fourth-order valence-electron chi connectivity index (χ4n) is 2.45. The summed E-state index contributed by atoms with van der Waals surface area (Å²) in [5.74, 6) is 1.03. The average molecular weight is 264 g/mol. The highest BCUT2D eigenvalue weighted by molar-refractivity contribution is 5.88. The van der Waals surface area contributed by atoms with Gasteiger partial charge < -0.3 is 10.1 Å². The summed E-state index contributed by atoms with van der Waals surface area (Å²) < 4.78 is 5.76. The second kappa shape index (κ2) is 5.59. The Morgan fingerprint density at radius 2 is 2.00 bits per heavy atom. The van der Waals surface area contributed by atoms with Crippen LogP contribution in [-0.4, -0.2) is 13.2 Å². The van der Waals surface area contributed by atoms with Crippen LogP contribution in [0.25, 0.3) is 10.8 Å². The van der Waals surface area contributed by atoms with E-state index in [9.17, 15) is 0 Å². The molecule has 0 aromatic heterocycles. The summed E-state index contributed by atoms with van der Waals surface area (Å²) in [6.45, 7) is 3.87. The first-order valence-corrected chi connectivity index (χ1v) is 6.28. The zero-order chi connectivity index (χ0) is 11.7. The van der Waals surface area contributed by atoms with Gasteiger partial charge in [0.05, 0.1) is 6.61 Å². The predicted octanol–water partition coefficient (Wildman–Crippen LogP) is 3.69. The molecular formula is C15H18ClNO. The highest BCUT2D eigenvalue weighted by Crippen LogP contribution is 2.37. The molecule has 1 saturated heterocycles. The van der Waals surface area contributed by atoms with Gasteiger partial charge in [-0.25, -0.2) is 0 Å². The molecule has 0 radical (unpaired) electrons. The minimum Gasteiger partial charge on any atom is -0.494 e. The Bertz CT molecular complexity index is 537. The highest BCUT2D eigenvalue weighted by Gasteiger charge is 2.24. The Balaban J connectivity index is 0.00000120. The van der Waals surface area contributed by atoms with E-state index in [-0.39, 0.29) is 12.4 Å². The van der Waals surface area contributed by atoms with Crippen LogP contribution in [-0.2, 0) is 0 Å². The van der Waals surface area contributed by atoms with Gasteiger partial charge in [0.25, 0.3) is 0 Å². The molecule has 0 saturated carbocycles. The van der Waals surface area contributed by atoms with Crippen molar-refractivity contribution in [1.82, 2.24) is 5.32 Å². The zero-order valence-corrected chi connectivity index (χ0v) is 11.3. The monoisotopic (exact) mass is 263 g/mol.